The fraction of sp³-hybridized carbons (Fsp3) is 0.185. The van der Waals surface area contributed by atoms with Crippen molar-refractivity contribution in [3.63, 3.8) is 0 Å². The summed E-state index contributed by atoms with van der Waals surface area (Å²) in [5.74, 6) is 1.81. The van der Waals surface area contributed by atoms with Gasteiger partial charge in [0.25, 0.3) is 6.33 Å². The van der Waals surface area contributed by atoms with Crippen LogP contribution in [0.15, 0.2) is 152 Å². The van der Waals surface area contributed by atoms with Crippen LogP contribution in [-0.2, 0) is 38.3 Å². The number of nitrogens with zero attached hydrogens (tertiary/aromatic N) is 4. The molecule has 6 heteroatoms. The van der Waals surface area contributed by atoms with Gasteiger partial charge in [-0.15, -0.1) is 29.7 Å². The third-order valence-corrected chi connectivity index (χ3v) is 10.8. The van der Waals surface area contributed by atoms with Crippen LogP contribution in [0.5, 0.6) is 11.5 Å². The van der Waals surface area contributed by atoms with Crippen LogP contribution in [0.2, 0.25) is 0 Å². The molecule has 0 aliphatic heterocycles. The van der Waals surface area contributed by atoms with Crippen molar-refractivity contribution in [3.05, 3.63) is 187 Å². The SMILES string of the molecule is [2H]c1c([2H])c([2H])c(-c2cccc(-c3cc(C(C)(C)C)cc(C(C)(C)C)c3)c2-[n+]2[c-]n(-c3[c-]c(Oc4[c-]c5c(cc4)c4ccccc4n5-c4cc(CC)ccn4)ccc3)cc2)c([2H])c1[2H].[Pt]. The number of para-hydroxylation sites is 2. The molecule has 3 aromatic heterocycles. The second kappa shape index (κ2) is 16.2. The Balaban J connectivity index is 0.00000576. The van der Waals surface area contributed by atoms with E-state index in [9.17, 15) is 0 Å². The van der Waals surface area contributed by atoms with Crippen molar-refractivity contribution < 1.29 is 37.2 Å². The van der Waals surface area contributed by atoms with E-state index in [1.165, 1.54) is 5.56 Å². The van der Waals surface area contributed by atoms with Crippen molar-refractivity contribution >= 4 is 21.8 Å². The molecule has 0 aliphatic rings. The second-order valence-electron chi connectivity index (χ2n) is 17.0. The first-order valence-electron chi connectivity index (χ1n) is 22.5. The van der Waals surface area contributed by atoms with Crippen LogP contribution < -0.4 is 9.30 Å². The number of pyridine rings is 1. The maximum atomic E-state index is 9.02. The summed E-state index contributed by atoms with van der Waals surface area (Å²) in [6.45, 7) is 15.3. The standard InChI is InChI=1S/C54H48N4O.Pt/c1-8-37-26-27-55-51(30-37)58-49-23-13-12-20-47(49)48-25-24-44(35-50(48)58)59-43-19-14-18-42(34-43)56-28-29-57(36-56)52-45(38-16-10-9-11-17-38)21-15-22-46(52)39-31-40(53(2,3)4)33-41(32-39)54(5,6)7;/h9-33H,8H2,1-7H3;/q-2;/i9D,10D,11D,16D,17D;. The van der Waals surface area contributed by atoms with Gasteiger partial charge in [0.1, 0.15) is 5.82 Å². The maximum Gasteiger partial charge on any atom is 0.267 e. The fourth-order valence-corrected chi connectivity index (χ4v) is 7.58. The fourth-order valence-electron chi connectivity index (χ4n) is 7.58. The van der Waals surface area contributed by atoms with Crippen LogP contribution in [0.4, 0.5) is 0 Å². The molecule has 0 N–H and O–H groups in total. The molecule has 9 rings (SSSR count). The van der Waals surface area contributed by atoms with Crippen molar-refractivity contribution in [2.45, 2.75) is 65.7 Å². The van der Waals surface area contributed by atoms with Crippen LogP contribution in [0.3, 0.4) is 0 Å². The molecule has 6 aromatic carbocycles. The van der Waals surface area contributed by atoms with E-state index >= 15 is 0 Å². The topological polar surface area (TPSA) is 35.9 Å². The first kappa shape index (κ1) is 34.8. The van der Waals surface area contributed by atoms with E-state index in [1.807, 2.05) is 83.8 Å². The minimum absolute atomic E-state index is 0. The van der Waals surface area contributed by atoms with Crippen molar-refractivity contribution in [1.82, 2.24) is 14.1 Å². The van der Waals surface area contributed by atoms with Gasteiger partial charge in [0.2, 0.25) is 0 Å². The largest absolute Gasteiger partial charge is 0.510 e. The Morgan fingerprint density at radius 2 is 1.42 bits per heavy atom. The molecule has 0 spiro atoms. The molecule has 0 aliphatic carbocycles. The predicted octanol–water partition coefficient (Wildman–Crippen LogP) is 12.9. The van der Waals surface area contributed by atoms with Gasteiger partial charge in [-0.3, -0.25) is 4.57 Å². The van der Waals surface area contributed by atoms with Crippen LogP contribution in [-0.4, -0.2) is 14.1 Å². The number of ether oxygens (including phenoxy) is 1. The quantitative estimate of drug-likeness (QED) is 0.112. The van der Waals surface area contributed by atoms with Crippen LogP contribution in [0, 0.1) is 18.5 Å². The average Bonchev–Trinajstić information content (AvgIpc) is 3.90. The number of benzene rings is 6. The molecule has 302 valence electrons. The molecular formula is C54H48N4OPt-2. The monoisotopic (exact) mass is 968 g/mol. The Bertz CT molecular complexity index is 3230. The normalized spacial score (nSPS) is 13.0. The Kier molecular flexibility index (Phi) is 9.39. The summed E-state index contributed by atoms with van der Waals surface area (Å²) in [7, 11) is 0. The van der Waals surface area contributed by atoms with Crippen molar-refractivity contribution in [2.24, 2.45) is 0 Å². The van der Waals surface area contributed by atoms with Crippen LogP contribution >= 0.6 is 0 Å². The molecule has 0 saturated carbocycles. The molecule has 60 heavy (non-hydrogen) atoms. The van der Waals surface area contributed by atoms with E-state index in [1.54, 1.807) is 4.57 Å². The van der Waals surface area contributed by atoms with Gasteiger partial charge in [-0.1, -0.05) is 139 Å². The molecule has 0 unspecified atom stereocenters. The number of imidazole rings is 1. The minimum atomic E-state index is -0.439. The first-order valence-corrected chi connectivity index (χ1v) is 20.0. The van der Waals surface area contributed by atoms with E-state index in [-0.39, 0.29) is 49.5 Å². The van der Waals surface area contributed by atoms with Gasteiger partial charge in [-0.2, -0.15) is 18.2 Å². The van der Waals surface area contributed by atoms with E-state index in [0.29, 0.717) is 28.4 Å². The molecule has 5 nitrogen and oxygen atoms in total. The van der Waals surface area contributed by atoms with E-state index in [4.69, 9.17) is 16.6 Å². The van der Waals surface area contributed by atoms with Gasteiger partial charge in [0.05, 0.1) is 12.5 Å². The molecule has 0 saturated heterocycles. The molecule has 0 radical (unpaired) electrons. The van der Waals surface area contributed by atoms with E-state index in [0.717, 1.165) is 56.3 Å². The molecule has 3 heterocycles. The molecular weight excluding hydrogens is 916 g/mol. The number of aryl methyl sites for hydroxylation is 1. The van der Waals surface area contributed by atoms with Gasteiger partial charge < -0.3 is 13.9 Å². The summed E-state index contributed by atoms with van der Waals surface area (Å²) in [6, 6.07) is 39.6. The van der Waals surface area contributed by atoms with Crippen molar-refractivity contribution in [2.75, 3.05) is 0 Å². The first-order chi connectivity index (χ1) is 30.5. The summed E-state index contributed by atoms with van der Waals surface area (Å²) in [5, 5.41) is 2.14. The Morgan fingerprint density at radius 3 is 2.15 bits per heavy atom. The number of aromatic nitrogens is 4. The third-order valence-electron chi connectivity index (χ3n) is 10.8. The summed E-state index contributed by atoms with van der Waals surface area (Å²) >= 11 is 0. The van der Waals surface area contributed by atoms with Crippen LogP contribution in [0.25, 0.3) is 61.3 Å². The van der Waals surface area contributed by atoms with Gasteiger partial charge >= 0.3 is 0 Å². The molecule has 0 atom stereocenters. The zero-order chi connectivity index (χ0) is 45.2. The molecule has 0 amide bonds. The number of fused-ring (bicyclic) bond motifs is 3. The van der Waals surface area contributed by atoms with Gasteiger partial charge in [-0.25, -0.2) is 4.98 Å². The summed E-state index contributed by atoms with van der Waals surface area (Å²) in [6.07, 6.45) is 9.94. The van der Waals surface area contributed by atoms with E-state index in [2.05, 4.69) is 114 Å². The third kappa shape index (κ3) is 7.87. The Labute approximate surface area is 375 Å². The van der Waals surface area contributed by atoms with Gasteiger partial charge in [0, 0.05) is 56.7 Å². The molecule has 0 fully saturated rings. The summed E-state index contributed by atoms with van der Waals surface area (Å²) in [5.41, 5.74) is 8.70. The molecule has 0 bridgehead atoms. The average molecular weight is 969 g/mol. The van der Waals surface area contributed by atoms with Crippen LogP contribution in [0.1, 0.15) is 72.0 Å². The van der Waals surface area contributed by atoms with Gasteiger partial charge in [-0.05, 0) is 85.5 Å². The Morgan fingerprint density at radius 1 is 0.717 bits per heavy atom. The van der Waals surface area contributed by atoms with Crippen molar-refractivity contribution in [1.29, 1.82) is 0 Å². The van der Waals surface area contributed by atoms with Gasteiger partial charge in [0.15, 0.2) is 0 Å². The summed E-state index contributed by atoms with van der Waals surface area (Å²) in [4.78, 5) is 4.75. The predicted molar refractivity (Wildman–Crippen MR) is 240 cm³/mol. The molecule has 9 aromatic rings. The smallest absolute Gasteiger partial charge is 0.267 e. The number of rotatable bonds is 8. The Hall–Kier alpha value is -6.03. The number of hydrogen-bond acceptors (Lipinski definition) is 2. The zero-order valence-electron chi connectivity index (χ0n) is 39.8. The minimum Gasteiger partial charge on any atom is -0.510 e. The van der Waals surface area contributed by atoms with Crippen molar-refractivity contribution in [3.8, 4) is 50.9 Å². The van der Waals surface area contributed by atoms with E-state index < -0.39 is 18.1 Å². The summed E-state index contributed by atoms with van der Waals surface area (Å²) < 4.78 is 55.8. The number of hydrogen-bond donors (Lipinski definition) is 0. The second-order valence-corrected chi connectivity index (χ2v) is 17.0. The maximum absolute atomic E-state index is 9.02. The zero-order valence-corrected chi connectivity index (χ0v) is 37.0.